The molecule has 0 fully saturated rings. The maximum Gasteiger partial charge on any atom is 0.416 e. The minimum atomic E-state index is -4.48. The van der Waals surface area contributed by atoms with Crippen LogP contribution in [0.3, 0.4) is 0 Å². The van der Waals surface area contributed by atoms with Crippen molar-refractivity contribution in [1.82, 2.24) is 0 Å². The van der Waals surface area contributed by atoms with Crippen molar-refractivity contribution in [3.05, 3.63) is 75.9 Å². The zero-order valence-corrected chi connectivity index (χ0v) is 14.0. The Morgan fingerprint density at radius 2 is 1.56 bits per heavy atom. The average molecular weight is 380 g/mol. The number of carboxylic acid groups (broad SMARTS) is 1. The second kappa shape index (κ2) is 6.64. The van der Waals surface area contributed by atoms with E-state index < -0.39 is 35.8 Å². The Labute approximate surface area is 151 Å². The lowest BCUT2D eigenvalue weighted by atomic mass is 9.99. The van der Waals surface area contributed by atoms with Gasteiger partial charge < -0.3 is 5.11 Å². The van der Waals surface area contributed by atoms with Gasteiger partial charge in [0.25, 0.3) is 0 Å². The normalized spacial score (nSPS) is 15.4. The lowest BCUT2D eigenvalue weighted by molar-refractivity contribution is -0.138. The van der Waals surface area contributed by atoms with Gasteiger partial charge in [0, 0.05) is 11.1 Å². The fourth-order valence-corrected chi connectivity index (χ4v) is 3.14. The van der Waals surface area contributed by atoms with E-state index in [-0.39, 0.29) is 22.3 Å². The summed E-state index contributed by atoms with van der Waals surface area (Å²) in [5.74, 6) is -2.68. The van der Waals surface area contributed by atoms with Crippen molar-refractivity contribution in [3.63, 3.8) is 0 Å². The molecule has 27 heavy (non-hydrogen) atoms. The van der Waals surface area contributed by atoms with Gasteiger partial charge in [0.2, 0.25) is 0 Å². The highest BCUT2D eigenvalue weighted by Gasteiger charge is 2.32. The molecule has 0 saturated heterocycles. The SMILES string of the molecule is CC1=C(CC(=O)O)c2c(F)ccc(F)c2/C1=C/c1ccc(C(F)(F)F)cc1. The van der Waals surface area contributed by atoms with Crippen LogP contribution in [-0.4, -0.2) is 11.1 Å². The molecular formula is C20H13F5O2. The van der Waals surface area contributed by atoms with E-state index in [0.717, 1.165) is 24.3 Å². The lowest BCUT2D eigenvalue weighted by Crippen LogP contribution is -2.04. The zero-order valence-electron chi connectivity index (χ0n) is 14.0. The summed E-state index contributed by atoms with van der Waals surface area (Å²) in [7, 11) is 0. The third-order valence-corrected chi connectivity index (χ3v) is 4.41. The maximum absolute atomic E-state index is 14.4. The van der Waals surface area contributed by atoms with Crippen LogP contribution in [0.15, 0.2) is 42.0 Å². The van der Waals surface area contributed by atoms with Gasteiger partial charge in [-0.05, 0) is 59.5 Å². The number of aliphatic carboxylic acids is 1. The van der Waals surface area contributed by atoms with Crippen molar-refractivity contribution in [2.75, 3.05) is 0 Å². The molecule has 1 N–H and O–H groups in total. The lowest BCUT2D eigenvalue weighted by Gasteiger charge is -2.08. The van der Waals surface area contributed by atoms with Crippen LogP contribution in [0.1, 0.15) is 35.6 Å². The first-order valence-electron chi connectivity index (χ1n) is 7.89. The fraction of sp³-hybridized carbons (Fsp3) is 0.150. The molecule has 0 heterocycles. The van der Waals surface area contributed by atoms with Crippen LogP contribution in [0.25, 0.3) is 17.2 Å². The van der Waals surface area contributed by atoms with Crippen LogP contribution in [0.2, 0.25) is 0 Å². The van der Waals surface area contributed by atoms with E-state index in [1.54, 1.807) is 0 Å². The molecule has 2 aromatic rings. The highest BCUT2D eigenvalue weighted by atomic mass is 19.4. The smallest absolute Gasteiger partial charge is 0.416 e. The van der Waals surface area contributed by atoms with Crippen molar-refractivity contribution in [2.24, 2.45) is 0 Å². The largest absolute Gasteiger partial charge is 0.481 e. The highest BCUT2D eigenvalue weighted by molar-refractivity contribution is 6.07. The van der Waals surface area contributed by atoms with Crippen molar-refractivity contribution in [2.45, 2.75) is 19.5 Å². The number of allylic oxidation sites excluding steroid dienone is 2. The van der Waals surface area contributed by atoms with Crippen LogP contribution in [0.5, 0.6) is 0 Å². The van der Waals surface area contributed by atoms with Crippen molar-refractivity contribution in [3.8, 4) is 0 Å². The average Bonchev–Trinajstić information content (AvgIpc) is 2.84. The molecule has 2 aromatic carbocycles. The number of hydrogen-bond donors (Lipinski definition) is 1. The predicted octanol–water partition coefficient (Wildman–Crippen LogP) is 5.79. The van der Waals surface area contributed by atoms with Crippen molar-refractivity contribution in [1.29, 1.82) is 0 Å². The topological polar surface area (TPSA) is 37.3 Å². The summed E-state index contributed by atoms with van der Waals surface area (Å²) in [4.78, 5) is 11.1. The summed E-state index contributed by atoms with van der Waals surface area (Å²) >= 11 is 0. The second-order valence-corrected chi connectivity index (χ2v) is 6.13. The molecule has 3 rings (SSSR count). The Hall–Kier alpha value is -2.96. The van der Waals surface area contributed by atoms with Gasteiger partial charge in [-0.1, -0.05) is 12.1 Å². The molecule has 7 heteroatoms. The third-order valence-electron chi connectivity index (χ3n) is 4.41. The van der Waals surface area contributed by atoms with Gasteiger partial charge in [-0.15, -0.1) is 0 Å². The van der Waals surface area contributed by atoms with Gasteiger partial charge in [0.05, 0.1) is 12.0 Å². The first-order chi connectivity index (χ1) is 12.6. The van der Waals surface area contributed by atoms with Crippen molar-refractivity contribution < 1.29 is 31.9 Å². The third kappa shape index (κ3) is 3.49. The Kier molecular flexibility index (Phi) is 4.63. The van der Waals surface area contributed by atoms with E-state index in [1.807, 2.05) is 0 Å². The molecule has 1 aliphatic rings. The number of carboxylic acids is 1. The number of alkyl halides is 3. The van der Waals surface area contributed by atoms with Crippen LogP contribution in [-0.2, 0) is 11.0 Å². The van der Waals surface area contributed by atoms with Crippen LogP contribution in [0.4, 0.5) is 22.0 Å². The summed E-state index contributed by atoms with van der Waals surface area (Å²) in [5, 5.41) is 9.08. The molecule has 0 radical (unpaired) electrons. The van der Waals surface area contributed by atoms with Gasteiger partial charge in [-0.25, -0.2) is 8.78 Å². The Morgan fingerprint density at radius 3 is 2.07 bits per heavy atom. The fourth-order valence-electron chi connectivity index (χ4n) is 3.14. The summed E-state index contributed by atoms with van der Waals surface area (Å²) in [5.41, 5.74) is 0.0924. The number of fused-ring (bicyclic) bond motifs is 1. The van der Waals surface area contributed by atoms with Gasteiger partial charge >= 0.3 is 12.1 Å². The molecule has 0 saturated carbocycles. The molecule has 0 aromatic heterocycles. The number of halogens is 5. The maximum atomic E-state index is 14.4. The van der Waals surface area contributed by atoms with E-state index in [2.05, 4.69) is 0 Å². The first-order valence-corrected chi connectivity index (χ1v) is 7.89. The van der Waals surface area contributed by atoms with E-state index in [4.69, 9.17) is 5.11 Å². The van der Waals surface area contributed by atoms with Gasteiger partial charge in [-0.3, -0.25) is 4.79 Å². The van der Waals surface area contributed by atoms with E-state index in [0.29, 0.717) is 11.1 Å². The summed E-state index contributed by atoms with van der Waals surface area (Å²) in [6.45, 7) is 1.53. The Balaban J connectivity index is 2.15. The molecule has 1 aliphatic carbocycles. The number of benzene rings is 2. The number of carbonyl (C=O) groups is 1. The quantitative estimate of drug-likeness (QED) is 0.685. The summed E-state index contributed by atoms with van der Waals surface area (Å²) < 4.78 is 66.7. The molecule has 0 aliphatic heterocycles. The van der Waals surface area contributed by atoms with Crippen LogP contribution < -0.4 is 0 Å². The van der Waals surface area contributed by atoms with Gasteiger partial charge in [0.15, 0.2) is 0 Å². The molecule has 0 bridgehead atoms. The molecule has 0 atom stereocenters. The second-order valence-electron chi connectivity index (χ2n) is 6.13. The summed E-state index contributed by atoms with van der Waals surface area (Å²) in [6, 6.07) is 6.07. The standard InChI is InChI=1S/C20H13F5O2/c1-10-13(8-11-2-4-12(5-3-11)20(23,24)25)18-15(21)6-7-16(22)19(18)14(10)9-17(26)27/h2-8H,9H2,1H3,(H,26,27)/b13-8+. The number of hydrogen-bond acceptors (Lipinski definition) is 1. The Morgan fingerprint density at radius 1 is 1.00 bits per heavy atom. The monoisotopic (exact) mass is 380 g/mol. The molecule has 140 valence electrons. The van der Waals surface area contributed by atoms with Crippen LogP contribution >= 0.6 is 0 Å². The molecule has 0 unspecified atom stereocenters. The van der Waals surface area contributed by atoms with Crippen LogP contribution in [0, 0.1) is 11.6 Å². The number of rotatable bonds is 3. The molecular weight excluding hydrogens is 367 g/mol. The highest BCUT2D eigenvalue weighted by Crippen LogP contribution is 2.46. The van der Waals surface area contributed by atoms with Crippen molar-refractivity contribution >= 4 is 23.2 Å². The van der Waals surface area contributed by atoms with E-state index >= 15 is 0 Å². The Bertz CT molecular complexity index is 983. The summed E-state index contributed by atoms with van der Waals surface area (Å²) in [6.07, 6.45) is -3.55. The van der Waals surface area contributed by atoms with E-state index in [9.17, 15) is 26.7 Å². The predicted molar refractivity (Wildman–Crippen MR) is 90.5 cm³/mol. The minimum Gasteiger partial charge on any atom is -0.481 e. The minimum absolute atomic E-state index is 0.0800. The molecule has 0 amide bonds. The molecule has 0 spiro atoms. The molecule has 2 nitrogen and oxygen atoms in total. The zero-order chi connectivity index (χ0) is 19.9. The van der Waals surface area contributed by atoms with Gasteiger partial charge in [0.1, 0.15) is 11.6 Å². The van der Waals surface area contributed by atoms with E-state index in [1.165, 1.54) is 25.1 Å². The van der Waals surface area contributed by atoms with Gasteiger partial charge in [-0.2, -0.15) is 13.2 Å². The first kappa shape index (κ1) is 18.8.